The second-order valence-electron chi connectivity index (χ2n) is 7.79. The van der Waals surface area contributed by atoms with Gasteiger partial charge in [0.2, 0.25) is 0 Å². The van der Waals surface area contributed by atoms with Crippen LogP contribution in [0.25, 0.3) is 0 Å². The fourth-order valence-corrected chi connectivity index (χ4v) is 3.76. The number of carbonyl (C=O) groups excluding carboxylic acids is 3. The molecule has 1 saturated carbocycles. The molecule has 0 aliphatic heterocycles. The highest BCUT2D eigenvalue weighted by atomic mass is 35.5. The zero-order chi connectivity index (χ0) is 22.0. The summed E-state index contributed by atoms with van der Waals surface area (Å²) in [4.78, 5) is 43.4. The van der Waals surface area contributed by atoms with Crippen LogP contribution in [0.4, 0.5) is 0 Å². The van der Waals surface area contributed by atoms with Crippen molar-refractivity contribution in [3.05, 3.63) is 57.4 Å². The van der Waals surface area contributed by atoms with Crippen molar-refractivity contribution in [2.45, 2.75) is 46.6 Å². The fraction of sp³-hybridized carbons (Fsp3) is 0.435. The van der Waals surface area contributed by atoms with Crippen LogP contribution in [0, 0.1) is 19.8 Å². The fourth-order valence-electron chi connectivity index (χ4n) is 3.63. The van der Waals surface area contributed by atoms with Crippen molar-refractivity contribution in [2.75, 3.05) is 13.2 Å². The average molecular weight is 431 g/mol. The molecule has 1 fully saturated rings. The molecule has 6 nitrogen and oxygen atoms in total. The van der Waals surface area contributed by atoms with Crippen molar-refractivity contribution >= 4 is 29.3 Å². The van der Waals surface area contributed by atoms with Crippen LogP contribution >= 0.6 is 11.6 Å². The molecule has 7 heteroatoms. The predicted molar refractivity (Wildman–Crippen MR) is 115 cm³/mol. The topological polar surface area (TPSA) is 79.5 Å². The number of amides is 1. The number of benzene rings is 1. The number of H-pyrrole nitrogens is 1. The molecule has 1 aliphatic rings. The van der Waals surface area contributed by atoms with Crippen LogP contribution in [0.15, 0.2) is 24.3 Å². The number of hydrogen-bond acceptors (Lipinski definition) is 4. The lowest BCUT2D eigenvalue weighted by Crippen LogP contribution is -2.44. The van der Waals surface area contributed by atoms with Gasteiger partial charge in [-0.1, -0.05) is 11.6 Å². The van der Waals surface area contributed by atoms with E-state index in [9.17, 15) is 14.4 Å². The van der Waals surface area contributed by atoms with Gasteiger partial charge in [-0.05, 0) is 76.3 Å². The normalized spacial score (nSPS) is 14.3. The van der Waals surface area contributed by atoms with Crippen LogP contribution in [0.5, 0.6) is 0 Å². The van der Waals surface area contributed by atoms with Gasteiger partial charge in [0.1, 0.15) is 5.69 Å². The molecule has 0 saturated heterocycles. The minimum atomic E-state index is -0.669. The van der Waals surface area contributed by atoms with Crippen LogP contribution in [0.1, 0.15) is 69.2 Å². The molecule has 1 atom stereocenters. The number of halogens is 1. The monoisotopic (exact) mass is 430 g/mol. The van der Waals surface area contributed by atoms with Crippen molar-refractivity contribution in [3.63, 3.8) is 0 Å². The number of esters is 1. The maximum absolute atomic E-state index is 13.4. The smallest absolute Gasteiger partial charge is 0.355 e. The van der Waals surface area contributed by atoms with Gasteiger partial charge in [-0.3, -0.25) is 9.59 Å². The van der Waals surface area contributed by atoms with E-state index in [-0.39, 0.29) is 24.0 Å². The summed E-state index contributed by atoms with van der Waals surface area (Å²) < 4.78 is 5.07. The Kier molecular flexibility index (Phi) is 6.66. The summed E-state index contributed by atoms with van der Waals surface area (Å²) in [6.07, 6.45) is 2.11. The minimum Gasteiger partial charge on any atom is -0.461 e. The molecule has 30 heavy (non-hydrogen) atoms. The Balaban J connectivity index is 1.90. The van der Waals surface area contributed by atoms with Crippen molar-refractivity contribution in [1.82, 2.24) is 9.88 Å². The number of aromatic nitrogens is 1. The SMILES string of the molecule is CCOC(=O)c1[nH]c(C)c(C(=O)[C@H](C)N(CC2CC2)C(=O)c2ccc(Cl)cc2)c1C. The van der Waals surface area contributed by atoms with Gasteiger partial charge in [0.15, 0.2) is 5.78 Å². The highest BCUT2D eigenvalue weighted by Gasteiger charge is 2.35. The summed E-state index contributed by atoms with van der Waals surface area (Å²) in [5.41, 5.74) is 2.36. The summed E-state index contributed by atoms with van der Waals surface area (Å²) in [6.45, 7) is 7.73. The van der Waals surface area contributed by atoms with Crippen LogP contribution in [0.2, 0.25) is 5.02 Å². The van der Waals surface area contributed by atoms with Gasteiger partial charge >= 0.3 is 5.97 Å². The first kappa shape index (κ1) is 22.1. The number of nitrogens with zero attached hydrogens (tertiary/aromatic N) is 1. The molecule has 3 rings (SSSR count). The number of aryl methyl sites for hydroxylation is 1. The highest BCUT2D eigenvalue weighted by molar-refractivity contribution is 6.30. The molecule has 0 bridgehead atoms. The second kappa shape index (κ2) is 9.04. The Morgan fingerprint density at radius 1 is 1.20 bits per heavy atom. The summed E-state index contributed by atoms with van der Waals surface area (Å²) in [6, 6.07) is 6.02. The number of nitrogens with one attached hydrogen (secondary N) is 1. The summed E-state index contributed by atoms with van der Waals surface area (Å²) in [5.74, 6) is -0.465. The van der Waals surface area contributed by atoms with E-state index in [1.807, 2.05) is 0 Å². The molecule has 0 radical (unpaired) electrons. The summed E-state index contributed by atoms with van der Waals surface area (Å²) in [7, 11) is 0. The summed E-state index contributed by atoms with van der Waals surface area (Å²) in [5, 5.41) is 0.550. The number of ketones is 1. The molecule has 2 aromatic rings. The summed E-state index contributed by atoms with van der Waals surface area (Å²) >= 11 is 5.95. The van der Waals surface area contributed by atoms with Gasteiger partial charge in [0.05, 0.1) is 12.6 Å². The zero-order valence-electron chi connectivity index (χ0n) is 17.8. The Labute approximate surface area is 181 Å². The quantitative estimate of drug-likeness (QED) is 0.490. The lowest BCUT2D eigenvalue weighted by atomic mass is 9.99. The Morgan fingerprint density at radius 2 is 1.83 bits per heavy atom. The number of hydrogen-bond donors (Lipinski definition) is 1. The van der Waals surface area contributed by atoms with Crippen LogP contribution in [-0.2, 0) is 4.74 Å². The second-order valence-corrected chi connectivity index (χ2v) is 8.23. The van der Waals surface area contributed by atoms with Gasteiger partial charge in [-0.25, -0.2) is 4.79 Å². The number of Topliss-reactive ketones (excluding diaryl/α,β-unsaturated/α-hetero) is 1. The first-order valence-corrected chi connectivity index (χ1v) is 10.6. The first-order chi connectivity index (χ1) is 14.2. The lowest BCUT2D eigenvalue weighted by Gasteiger charge is -2.29. The minimum absolute atomic E-state index is 0.195. The van der Waals surface area contributed by atoms with Crippen LogP contribution in [0.3, 0.4) is 0 Å². The predicted octanol–water partition coefficient (Wildman–Crippen LogP) is 4.59. The van der Waals surface area contributed by atoms with Crippen molar-refractivity contribution in [3.8, 4) is 0 Å². The molecule has 0 unspecified atom stereocenters. The van der Waals surface area contributed by atoms with Crippen LogP contribution in [-0.4, -0.2) is 46.7 Å². The van der Waals surface area contributed by atoms with Crippen molar-refractivity contribution < 1.29 is 19.1 Å². The molecule has 1 aromatic heterocycles. The number of carbonyl (C=O) groups is 3. The molecule has 1 amide bonds. The molecule has 160 valence electrons. The molecule has 1 heterocycles. The van der Waals surface area contributed by atoms with Crippen molar-refractivity contribution in [2.24, 2.45) is 5.92 Å². The van der Waals surface area contributed by atoms with Gasteiger partial charge in [0.25, 0.3) is 5.91 Å². The van der Waals surface area contributed by atoms with E-state index in [4.69, 9.17) is 16.3 Å². The van der Waals surface area contributed by atoms with Crippen LogP contribution < -0.4 is 0 Å². The van der Waals surface area contributed by atoms with Gasteiger partial charge < -0.3 is 14.6 Å². The van der Waals surface area contributed by atoms with E-state index in [0.29, 0.717) is 39.9 Å². The van der Waals surface area contributed by atoms with E-state index in [1.54, 1.807) is 56.9 Å². The van der Waals surface area contributed by atoms with E-state index < -0.39 is 12.0 Å². The van der Waals surface area contributed by atoms with Gasteiger partial charge in [-0.2, -0.15) is 0 Å². The number of rotatable bonds is 8. The van der Waals surface area contributed by atoms with Crippen molar-refractivity contribution in [1.29, 1.82) is 0 Å². The van der Waals surface area contributed by atoms with E-state index in [1.165, 1.54) is 0 Å². The molecule has 1 aromatic carbocycles. The zero-order valence-corrected chi connectivity index (χ0v) is 18.5. The van der Waals surface area contributed by atoms with E-state index in [0.717, 1.165) is 12.8 Å². The Bertz CT molecular complexity index is 960. The van der Waals surface area contributed by atoms with Gasteiger partial charge in [0, 0.05) is 28.4 Å². The number of aromatic amines is 1. The third kappa shape index (κ3) is 4.59. The first-order valence-electron chi connectivity index (χ1n) is 10.2. The maximum atomic E-state index is 13.4. The average Bonchev–Trinajstić information content (AvgIpc) is 3.49. The number of ether oxygens (including phenoxy) is 1. The molecule has 1 N–H and O–H groups in total. The highest BCUT2D eigenvalue weighted by Crippen LogP contribution is 2.32. The molecule has 0 spiro atoms. The van der Waals surface area contributed by atoms with E-state index in [2.05, 4.69) is 4.98 Å². The van der Waals surface area contributed by atoms with E-state index >= 15 is 0 Å². The Hall–Kier alpha value is -2.60. The molecule has 1 aliphatic carbocycles. The molecular weight excluding hydrogens is 404 g/mol. The van der Waals surface area contributed by atoms with Gasteiger partial charge in [-0.15, -0.1) is 0 Å². The largest absolute Gasteiger partial charge is 0.461 e. The third-order valence-corrected chi connectivity index (χ3v) is 5.77. The molecular formula is C23H27ClN2O4. The third-order valence-electron chi connectivity index (χ3n) is 5.51. The Morgan fingerprint density at radius 3 is 2.40 bits per heavy atom. The standard InChI is InChI=1S/C23H27ClN2O4/c1-5-30-23(29)20-13(2)19(14(3)25-20)21(27)15(4)26(12-16-6-7-16)22(28)17-8-10-18(24)11-9-17/h8-11,15-16,25H,5-7,12H2,1-4H3/t15-/m0/s1. The maximum Gasteiger partial charge on any atom is 0.355 e. The lowest BCUT2D eigenvalue weighted by molar-refractivity contribution is 0.0518.